The lowest BCUT2D eigenvalue weighted by molar-refractivity contribution is 1.10. The van der Waals surface area contributed by atoms with Gasteiger partial charge in [-0.15, -0.1) is 11.6 Å². The van der Waals surface area contributed by atoms with Gasteiger partial charge < -0.3 is 0 Å². The summed E-state index contributed by atoms with van der Waals surface area (Å²) in [5.74, 6) is 0.477. The number of alkyl halides is 1. The number of hydrogen-bond acceptors (Lipinski definition) is 1. The third-order valence-electron chi connectivity index (χ3n) is 1.75. The fourth-order valence-electron chi connectivity index (χ4n) is 0.941. The molecule has 60 valence electrons. The van der Waals surface area contributed by atoms with Gasteiger partial charge in [0.05, 0.1) is 5.02 Å². The fraction of sp³-hybridized carbons (Fsp3) is 0.375. The van der Waals surface area contributed by atoms with Crippen molar-refractivity contribution < 1.29 is 0 Å². The highest BCUT2D eigenvalue weighted by molar-refractivity contribution is 6.31. The molecule has 1 nitrogen and oxygen atoms in total. The second kappa shape index (κ2) is 3.42. The van der Waals surface area contributed by atoms with E-state index in [0.717, 1.165) is 16.8 Å². The van der Waals surface area contributed by atoms with Crippen LogP contribution in [0.25, 0.3) is 0 Å². The van der Waals surface area contributed by atoms with Crippen molar-refractivity contribution in [3.05, 3.63) is 28.0 Å². The number of rotatable bonds is 1. The highest BCUT2D eigenvalue weighted by atomic mass is 35.5. The van der Waals surface area contributed by atoms with Crippen molar-refractivity contribution in [2.75, 3.05) is 0 Å². The molecule has 0 aliphatic carbocycles. The average Bonchev–Trinajstić information content (AvgIpc) is 1.99. The second-order valence-corrected chi connectivity index (χ2v) is 3.10. The summed E-state index contributed by atoms with van der Waals surface area (Å²) in [5.41, 5.74) is 3.04. The Morgan fingerprint density at radius 2 is 2.09 bits per heavy atom. The zero-order valence-corrected chi connectivity index (χ0v) is 8.00. The van der Waals surface area contributed by atoms with Crippen molar-refractivity contribution in [1.82, 2.24) is 4.98 Å². The van der Waals surface area contributed by atoms with Crippen LogP contribution in [-0.2, 0) is 5.88 Å². The van der Waals surface area contributed by atoms with Crippen LogP contribution in [0.4, 0.5) is 0 Å². The van der Waals surface area contributed by atoms with Gasteiger partial charge in [0.1, 0.15) is 0 Å². The highest BCUT2D eigenvalue weighted by Gasteiger charge is 2.04. The standard InChI is InChI=1S/C8H9Cl2N/c1-5-7(3-9)6(2)11-4-8(5)10/h4H,3H2,1-2H3. The highest BCUT2D eigenvalue weighted by Crippen LogP contribution is 2.21. The topological polar surface area (TPSA) is 12.9 Å². The van der Waals surface area contributed by atoms with Crippen LogP contribution in [-0.4, -0.2) is 4.98 Å². The largest absolute Gasteiger partial charge is 0.260 e. The molecule has 3 heteroatoms. The predicted octanol–water partition coefficient (Wildman–Crippen LogP) is 3.09. The van der Waals surface area contributed by atoms with Gasteiger partial charge in [-0.25, -0.2) is 0 Å². The number of halogens is 2. The van der Waals surface area contributed by atoms with Gasteiger partial charge in [-0.05, 0) is 25.0 Å². The maximum absolute atomic E-state index is 5.84. The Hall–Kier alpha value is -0.270. The Morgan fingerprint density at radius 3 is 2.55 bits per heavy atom. The molecule has 0 spiro atoms. The molecule has 1 rings (SSSR count). The van der Waals surface area contributed by atoms with Crippen molar-refractivity contribution in [3.8, 4) is 0 Å². The lowest BCUT2D eigenvalue weighted by Crippen LogP contribution is -1.93. The summed E-state index contributed by atoms with van der Waals surface area (Å²) in [6.07, 6.45) is 1.66. The van der Waals surface area contributed by atoms with Crippen molar-refractivity contribution >= 4 is 23.2 Å². The SMILES string of the molecule is Cc1ncc(Cl)c(C)c1CCl. The summed E-state index contributed by atoms with van der Waals surface area (Å²) in [5, 5.41) is 0.686. The minimum Gasteiger partial charge on any atom is -0.260 e. The first-order valence-electron chi connectivity index (χ1n) is 3.33. The van der Waals surface area contributed by atoms with Crippen LogP contribution in [0.1, 0.15) is 16.8 Å². The molecule has 1 aromatic rings. The number of aromatic nitrogens is 1. The molecule has 0 saturated carbocycles. The molecule has 0 aliphatic heterocycles. The molecule has 11 heavy (non-hydrogen) atoms. The molecule has 0 atom stereocenters. The molecular formula is C8H9Cl2N. The van der Waals surface area contributed by atoms with E-state index in [0.29, 0.717) is 10.9 Å². The van der Waals surface area contributed by atoms with Crippen molar-refractivity contribution in [3.63, 3.8) is 0 Å². The van der Waals surface area contributed by atoms with E-state index in [1.807, 2.05) is 13.8 Å². The monoisotopic (exact) mass is 189 g/mol. The van der Waals surface area contributed by atoms with Crippen LogP contribution >= 0.6 is 23.2 Å². The molecule has 0 aliphatic rings. The van der Waals surface area contributed by atoms with Crippen molar-refractivity contribution in [1.29, 1.82) is 0 Å². The summed E-state index contributed by atoms with van der Waals surface area (Å²) >= 11 is 11.6. The summed E-state index contributed by atoms with van der Waals surface area (Å²) in [7, 11) is 0. The second-order valence-electron chi connectivity index (χ2n) is 2.43. The molecule has 1 heterocycles. The molecule has 0 amide bonds. The predicted molar refractivity (Wildman–Crippen MR) is 48.3 cm³/mol. The van der Waals surface area contributed by atoms with Crippen LogP contribution in [0.2, 0.25) is 5.02 Å². The molecule has 0 bridgehead atoms. The smallest absolute Gasteiger partial charge is 0.0621 e. The van der Waals surface area contributed by atoms with Gasteiger partial charge in [-0.3, -0.25) is 4.98 Å². The lowest BCUT2D eigenvalue weighted by Gasteiger charge is -2.05. The Labute approximate surface area is 76.4 Å². The molecule has 1 aromatic heterocycles. The van der Waals surface area contributed by atoms with E-state index in [4.69, 9.17) is 23.2 Å². The van der Waals surface area contributed by atoms with Crippen molar-refractivity contribution in [2.24, 2.45) is 0 Å². The summed E-state index contributed by atoms with van der Waals surface area (Å²) in [4.78, 5) is 4.09. The van der Waals surface area contributed by atoms with Gasteiger partial charge in [0.2, 0.25) is 0 Å². The zero-order chi connectivity index (χ0) is 8.43. The number of nitrogens with zero attached hydrogens (tertiary/aromatic N) is 1. The molecule has 0 saturated heterocycles. The molecular weight excluding hydrogens is 181 g/mol. The van der Waals surface area contributed by atoms with E-state index in [9.17, 15) is 0 Å². The normalized spacial score (nSPS) is 10.2. The first kappa shape index (κ1) is 8.82. The lowest BCUT2D eigenvalue weighted by atomic mass is 10.1. The summed E-state index contributed by atoms with van der Waals surface area (Å²) in [6, 6.07) is 0. The van der Waals surface area contributed by atoms with Crippen LogP contribution in [0, 0.1) is 13.8 Å². The first-order chi connectivity index (χ1) is 5.16. The Balaban J connectivity index is 3.29. The Bertz CT molecular complexity index is 271. The van der Waals surface area contributed by atoms with E-state index in [-0.39, 0.29) is 0 Å². The first-order valence-corrected chi connectivity index (χ1v) is 4.24. The van der Waals surface area contributed by atoms with Gasteiger partial charge in [0.15, 0.2) is 0 Å². The van der Waals surface area contributed by atoms with Crippen molar-refractivity contribution in [2.45, 2.75) is 19.7 Å². The van der Waals surface area contributed by atoms with Crippen LogP contribution in [0.15, 0.2) is 6.20 Å². The van der Waals surface area contributed by atoms with Gasteiger partial charge in [0.25, 0.3) is 0 Å². The minimum atomic E-state index is 0.477. The third-order valence-corrected chi connectivity index (χ3v) is 2.40. The van der Waals surface area contributed by atoms with E-state index >= 15 is 0 Å². The Kier molecular flexibility index (Phi) is 2.74. The maximum Gasteiger partial charge on any atom is 0.0621 e. The molecule has 0 fully saturated rings. The van der Waals surface area contributed by atoms with E-state index in [1.54, 1.807) is 6.20 Å². The molecule has 0 N–H and O–H groups in total. The van der Waals surface area contributed by atoms with Gasteiger partial charge in [-0.2, -0.15) is 0 Å². The van der Waals surface area contributed by atoms with Crippen LogP contribution in [0.3, 0.4) is 0 Å². The van der Waals surface area contributed by atoms with Crippen LogP contribution in [0.5, 0.6) is 0 Å². The van der Waals surface area contributed by atoms with Gasteiger partial charge in [0, 0.05) is 17.8 Å². The third kappa shape index (κ3) is 1.66. The minimum absolute atomic E-state index is 0.477. The molecule has 0 radical (unpaired) electrons. The van der Waals surface area contributed by atoms with Gasteiger partial charge in [-0.1, -0.05) is 11.6 Å². The summed E-state index contributed by atoms with van der Waals surface area (Å²) < 4.78 is 0. The molecule has 0 unspecified atom stereocenters. The average molecular weight is 190 g/mol. The fourth-order valence-corrected chi connectivity index (χ4v) is 1.50. The number of pyridine rings is 1. The number of aryl methyl sites for hydroxylation is 1. The van der Waals surface area contributed by atoms with Crippen LogP contribution < -0.4 is 0 Å². The molecule has 0 aromatic carbocycles. The Morgan fingerprint density at radius 1 is 1.45 bits per heavy atom. The quantitative estimate of drug-likeness (QED) is 0.620. The van der Waals surface area contributed by atoms with E-state index in [1.165, 1.54) is 0 Å². The zero-order valence-electron chi connectivity index (χ0n) is 6.49. The summed E-state index contributed by atoms with van der Waals surface area (Å²) in [6.45, 7) is 3.88. The maximum atomic E-state index is 5.84. The van der Waals surface area contributed by atoms with E-state index < -0.39 is 0 Å². The van der Waals surface area contributed by atoms with E-state index in [2.05, 4.69) is 4.98 Å². The van der Waals surface area contributed by atoms with Gasteiger partial charge >= 0.3 is 0 Å². The number of hydrogen-bond donors (Lipinski definition) is 0.